The molecule has 2 N–H and O–H groups in total. The van der Waals surface area contributed by atoms with Crippen LogP contribution in [0.1, 0.15) is 23.7 Å². The summed E-state index contributed by atoms with van der Waals surface area (Å²) >= 11 is 0.744. The highest BCUT2D eigenvalue weighted by Gasteiger charge is 2.41. The van der Waals surface area contributed by atoms with Crippen molar-refractivity contribution in [3.8, 4) is 0 Å². The van der Waals surface area contributed by atoms with E-state index in [0.717, 1.165) is 16.7 Å². The Hall–Kier alpha value is -3.46. The number of ketones is 1. The van der Waals surface area contributed by atoms with Gasteiger partial charge in [-0.3, -0.25) is 28.9 Å². The normalized spacial score (nSPS) is 15.8. The van der Waals surface area contributed by atoms with Crippen molar-refractivity contribution in [3.05, 3.63) is 60.2 Å². The third kappa shape index (κ3) is 5.32. The largest absolute Gasteiger partial charge is 0.326 e. The molecule has 30 heavy (non-hydrogen) atoms. The lowest BCUT2D eigenvalue weighted by atomic mass is 10.1. The van der Waals surface area contributed by atoms with Crippen LogP contribution in [-0.2, 0) is 14.4 Å². The average Bonchev–Trinajstić information content (AvgIpc) is 2.97. The standard InChI is InChI=1S/C21H19N3O5S/c1-13(25)22-15-7-9-16(10-8-15)23-19(27)11-18-20(28)24(21(29)30-18)12-17(26)14-5-3-2-4-6-14/h2-10,18H,11-12H2,1H3,(H,22,25)(H,23,27)/t18-/m0/s1. The van der Waals surface area contributed by atoms with Crippen molar-refractivity contribution in [2.24, 2.45) is 0 Å². The van der Waals surface area contributed by atoms with E-state index in [9.17, 15) is 24.0 Å². The molecule has 0 radical (unpaired) electrons. The first-order valence-corrected chi connectivity index (χ1v) is 9.99. The third-order valence-electron chi connectivity index (χ3n) is 4.26. The number of anilines is 2. The first-order valence-electron chi connectivity index (χ1n) is 9.11. The second-order valence-corrected chi connectivity index (χ2v) is 7.75. The summed E-state index contributed by atoms with van der Waals surface area (Å²) in [5.74, 6) is -1.53. The fourth-order valence-electron chi connectivity index (χ4n) is 2.85. The van der Waals surface area contributed by atoms with Crippen LogP contribution in [0.4, 0.5) is 16.2 Å². The molecule has 1 saturated heterocycles. The van der Waals surface area contributed by atoms with E-state index in [0.29, 0.717) is 16.9 Å². The van der Waals surface area contributed by atoms with Gasteiger partial charge >= 0.3 is 0 Å². The van der Waals surface area contributed by atoms with Gasteiger partial charge in [-0.15, -0.1) is 0 Å². The van der Waals surface area contributed by atoms with Gasteiger partial charge in [-0.25, -0.2) is 0 Å². The van der Waals surface area contributed by atoms with Gasteiger partial charge in [0.05, 0.1) is 6.54 Å². The van der Waals surface area contributed by atoms with Crippen molar-refractivity contribution in [1.29, 1.82) is 0 Å². The molecule has 9 heteroatoms. The SMILES string of the molecule is CC(=O)Nc1ccc(NC(=O)C[C@@H]2SC(=O)N(CC(=O)c3ccccc3)C2=O)cc1. The molecular weight excluding hydrogens is 406 g/mol. The maximum atomic E-state index is 12.5. The predicted molar refractivity (Wildman–Crippen MR) is 113 cm³/mol. The number of nitrogens with zero attached hydrogens (tertiary/aromatic N) is 1. The molecule has 154 valence electrons. The molecule has 8 nitrogen and oxygen atoms in total. The van der Waals surface area contributed by atoms with Gasteiger partial charge in [-0.2, -0.15) is 0 Å². The Morgan fingerprint density at radius 1 is 0.933 bits per heavy atom. The zero-order valence-electron chi connectivity index (χ0n) is 16.1. The minimum Gasteiger partial charge on any atom is -0.326 e. The second kappa shape index (κ2) is 9.36. The van der Waals surface area contributed by atoms with Crippen LogP contribution in [0.3, 0.4) is 0 Å². The number of nitrogens with one attached hydrogen (secondary N) is 2. The molecule has 3 rings (SSSR count). The first kappa shape index (κ1) is 21.3. The van der Waals surface area contributed by atoms with Gasteiger partial charge in [0.1, 0.15) is 5.25 Å². The number of carbonyl (C=O) groups excluding carboxylic acids is 5. The zero-order valence-corrected chi connectivity index (χ0v) is 16.9. The Morgan fingerprint density at radius 3 is 2.13 bits per heavy atom. The van der Waals surface area contributed by atoms with E-state index in [-0.39, 0.29) is 24.7 Å². The van der Waals surface area contributed by atoms with Crippen LogP contribution in [0.2, 0.25) is 0 Å². The fraction of sp³-hybridized carbons (Fsp3) is 0.190. The van der Waals surface area contributed by atoms with Gasteiger partial charge < -0.3 is 10.6 Å². The maximum absolute atomic E-state index is 12.5. The predicted octanol–water partition coefficient (Wildman–Crippen LogP) is 2.92. The highest BCUT2D eigenvalue weighted by molar-refractivity contribution is 8.15. The van der Waals surface area contributed by atoms with E-state index in [2.05, 4.69) is 10.6 Å². The van der Waals surface area contributed by atoms with Crippen molar-refractivity contribution in [1.82, 2.24) is 4.90 Å². The topological polar surface area (TPSA) is 113 Å². The van der Waals surface area contributed by atoms with Crippen molar-refractivity contribution < 1.29 is 24.0 Å². The quantitative estimate of drug-likeness (QED) is 0.660. The number of benzene rings is 2. The Labute approximate surface area is 177 Å². The third-order valence-corrected chi connectivity index (χ3v) is 5.34. The lowest BCUT2D eigenvalue weighted by Gasteiger charge is -2.13. The molecule has 0 saturated carbocycles. The molecule has 0 spiro atoms. The van der Waals surface area contributed by atoms with E-state index in [1.54, 1.807) is 54.6 Å². The van der Waals surface area contributed by atoms with Crippen LogP contribution in [0.5, 0.6) is 0 Å². The van der Waals surface area contributed by atoms with Crippen LogP contribution in [0.25, 0.3) is 0 Å². The van der Waals surface area contributed by atoms with Crippen molar-refractivity contribution in [2.45, 2.75) is 18.6 Å². The number of rotatable bonds is 7. The molecule has 0 unspecified atom stereocenters. The smallest absolute Gasteiger partial charge is 0.289 e. The molecule has 2 aromatic rings. The summed E-state index contributed by atoms with van der Waals surface area (Å²) in [7, 11) is 0. The summed E-state index contributed by atoms with van der Waals surface area (Å²) in [6.45, 7) is 1.04. The Kier molecular flexibility index (Phi) is 6.63. The van der Waals surface area contributed by atoms with Crippen LogP contribution in [-0.4, -0.2) is 45.4 Å². The summed E-state index contributed by atoms with van der Waals surface area (Å²) in [4.78, 5) is 61.2. The highest BCUT2D eigenvalue weighted by Crippen LogP contribution is 2.29. The molecule has 0 aromatic heterocycles. The molecule has 1 aliphatic heterocycles. The van der Waals surface area contributed by atoms with Crippen molar-refractivity contribution in [3.63, 3.8) is 0 Å². The van der Waals surface area contributed by atoms with Crippen molar-refractivity contribution >= 4 is 51.9 Å². The minimum absolute atomic E-state index is 0.196. The number of amides is 4. The maximum Gasteiger partial charge on any atom is 0.289 e. The van der Waals surface area contributed by atoms with E-state index < -0.39 is 22.3 Å². The van der Waals surface area contributed by atoms with Gasteiger partial charge in [-0.1, -0.05) is 42.1 Å². The summed E-state index contributed by atoms with van der Waals surface area (Å²) in [6, 6.07) is 14.9. The van der Waals surface area contributed by atoms with E-state index in [4.69, 9.17) is 0 Å². The summed E-state index contributed by atoms with van der Waals surface area (Å²) < 4.78 is 0. The lowest BCUT2D eigenvalue weighted by Crippen LogP contribution is -2.36. The lowest BCUT2D eigenvalue weighted by molar-refractivity contribution is -0.128. The van der Waals surface area contributed by atoms with E-state index >= 15 is 0 Å². The number of imide groups is 1. The molecule has 1 heterocycles. The number of hydrogen-bond donors (Lipinski definition) is 2. The molecule has 1 atom stereocenters. The highest BCUT2D eigenvalue weighted by atomic mass is 32.2. The van der Waals surface area contributed by atoms with Crippen LogP contribution in [0, 0.1) is 0 Å². The van der Waals surface area contributed by atoms with Gasteiger partial charge in [0.15, 0.2) is 5.78 Å². The second-order valence-electron chi connectivity index (χ2n) is 6.60. The van der Waals surface area contributed by atoms with Crippen LogP contribution < -0.4 is 10.6 Å². The molecule has 0 bridgehead atoms. The molecular formula is C21H19N3O5S. The molecule has 1 fully saturated rings. The summed E-state index contributed by atoms with van der Waals surface area (Å²) in [6.07, 6.45) is -0.196. The minimum atomic E-state index is -0.875. The zero-order chi connectivity index (χ0) is 21.7. The van der Waals surface area contributed by atoms with Gasteiger partial charge in [0.2, 0.25) is 17.7 Å². The molecule has 4 amide bonds. The Morgan fingerprint density at radius 2 is 1.53 bits per heavy atom. The van der Waals surface area contributed by atoms with Crippen LogP contribution >= 0.6 is 11.8 Å². The molecule has 1 aliphatic rings. The molecule has 2 aromatic carbocycles. The number of carbonyl (C=O) groups is 5. The Bertz CT molecular complexity index is 991. The van der Waals surface area contributed by atoms with Gasteiger partial charge in [0, 0.05) is 30.3 Å². The summed E-state index contributed by atoms with van der Waals surface area (Å²) in [5.41, 5.74) is 1.49. The number of hydrogen-bond acceptors (Lipinski definition) is 6. The monoisotopic (exact) mass is 425 g/mol. The van der Waals surface area contributed by atoms with E-state index in [1.807, 2.05) is 0 Å². The summed E-state index contributed by atoms with van der Waals surface area (Å²) in [5, 5.41) is 3.85. The van der Waals surface area contributed by atoms with E-state index in [1.165, 1.54) is 6.92 Å². The molecule has 0 aliphatic carbocycles. The first-order chi connectivity index (χ1) is 14.3. The average molecular weight is 425 g/mol. The fourth-order valence-corrected chi connectivity index (χ4v) is 3.84. The Balaban J connectivity index is 1.56. The van der Waals surface area contributed by atoms with Gasteiger partial charge in [-0.05, 0) is 24.3 Å². The van der Waals surface area contributed by atoms with Crippen LogP contribution in [0.15, 0.2) is 54.6 Å². The van der Waals surface area contributed by atoms with Gasteiger partial charge in [0.25, 0.3) is 5.24 Å². The number of thioether (sulfide) groups is 1. The number of Topliss-reactive ketones (excluding diaryl/α,β-unsaturated/α-hetero) is 1. The van der Waals surface area contributed by atoms with Crippen molar-refractivity contribution in [2.75, 3.05) is 17.2 Å².